The van der Waals surface area contributed by atoms with E-state index in [4.69, 9.17) is 0 Å². The molecule has 0 fully saturated rings. The number of hydrogen-bond donors (Lipinski definition) is 2. The SMILES string of the molecule is Cl.O=[N+]([O-])c1ccccc1NCCCNS(=O)(=O)c1ccc2ccccc2c1. The number of rotatable bonds is 8. The molecular formula is C19H20ClN3O4S. The summed E-state index contributed by atoms with van der Waals surface area (Å²) in [6, 6.07) is 18.9. The van der Waals surface area contributed by atoms with Gasteiger partial charge in [-0.2, -0.15) is 0 Å². The third-order valence-corrected chi connectivity index (χ3v) is 5.55. The van der Waals surface area contributed by atoms with Crippen molar-refractivity contribution in [2.75, 3.05) is 18.4 Å². The van der Waals surface area contributed by atoms with Gasteiger partial charge in [-0.3, -0.25) is 10.1 Å². The first kappa shape index (κ1) is 21.6. The average Bonchev–Trinajstić information content (AvgIpc) is 2.67. The zero-order chi connectivity index (χ0) is 19.3. The van der Waals surface area contributed by atoms with Crippen LogP contribution in [0.1, 0.15) is 6.42 Å². The minimum absolute atomic E-state index is 0. The summed E-state index contributed by atoms with van der Waals surface area (Å²) in [6.45, 7) is 0.633. The topological polar surface area (TPSA) is 101 Å². The van der Waals surface area contributed by atoms with Crippen LogP contribution in [0.5, 0.6) is 0 Å². The first-order valence-electron chi connectivity index (χ1n) is 8.43. The van der Waals surface area contributed by atoms with Crippen molar-refractivity contribution in [3.8, 4) is 0 Å². The number of halogens is 1. The van der Waals surface area contributed by atoms with Gasteiger partial charge in [0.25, 0.3) is 5.69 Å². The smallest absolute Gasteiger partial charge is 0.292 e. The number of nitro benzene ring substituents is 1. The Hall–Kier alpha value is -2.68. The quantitative estimate of drug-likeness (QED) is 0.326. The lowest BCUT2D eigenvalue weighted by Gasteiger charge is -2.09. The molecule has 0 saturated carbocycles. The van der Waals surface area contributed by atoms with Crippen LogP contribution in [0.25, 0.3) is 10.8 Å². The molecular weight excluding hydrogens is 402 g/mol. The van der Waals surface area contributed by atoms with Crippen molar-refractivity contribution < 1.29 is 13.3 Å². The highest BCUT2D eigenvalue weighted by molar-refractivity contribution is 7.89. The van der Waals surface area contributed by atoms with E-state index in [1.807, 2.05) is 24.3 Å². The molecule has 148 valence electrons. The van der Waals surface area contributed by atoms with E-state index >= 15 is 0 Å². The van der Waals surface area contributed by atoms with E-state index in [1.165, 1.54) is 6.07 Å². The van der Waals surface area contributed by atoms with Crippen molar-refractivity contribution in [1.82, 2.24) is 4.72 Å². The molecule has 2 N–H and O–H groups in total. The standard InChI is InChI=1S/C19H19N3O4S.ClH/c23-22(24)19-9-4-3-8-18(19)20-12-5-13-21-27(25,26)17-11-10-15-6-1-2-7-16(15)14-17;/h1-4,6-11,14,20-21H,5,12-13H2;1H. The number of nitrogens with one attached hydrogen (secondary N) is 2. The van der Waals surface area contributed by atoms with Crippen LogP contribution >= 0.6 is 12.4 Å². The Kier molecular flexibility index (Phi) is 7.33. The summed E-state index contributed by atoms with van der Waals surface area (Å²) in [6.07, 6.45) is 0.485. The number of sulfonamides is 1. The number of hydrogen-bond acceptors (Lipinski definition) is 5. The van der Waals surface area contributed by atoms with E-state index in [1.54, 1.807) is 36.4 Å². The molecule has 28 heavy (non-hydrogen) atoms. The van der Waals surface area contributed by atoms with Gasteiger partial charge in [-0.25, -0.2) is 13.1 Å². The summed E-state index contributed by atoms with van der Waals surface area (Å²) in [4.78, 5) is 10.7. The lowest BCUT2D eigenvalue weighted by Crippen LogP contribution is -2.26. The van der Waals surface area contributed by atoms with Crippen molar-refractivity contribution in [2.45, 2.75) is 11.3 Å². The summed E-state index contributed by atoms with van der Waals surface area (Å²) >= 11 is 0. The molecule has 0 aliphatic rings. The van der Waals surface area contributed by atoms with Gasteiger partial charge in [-0.05, 0) is 35.4 Å². The van der Waals surface area contributed by atoms with Crippen LogP contribution in [0.4, 0.5) is 11.4 Å². The Morgan fingerprint density at radius 2 is 1.57 bits per heavy atom. The fourth-order valence-corrected chi connectivity index (χ4v) is 3.83. The molecule has 3 aromatic carbocycles. The minimum atomic E-state index is -3.60. The van der Waals surface area contributed by atoms with Crippen LogP contribution in [0.3, 0.4) is 0 Å². The van der Waals surface area contributed by atoms with E-state index in [9.17, 15) is 18.5 Å². The number of nitro groups is 1. The molecule has 0 heterocycles. The Labute approximate surface area is 169 Å². The average molecular weight is 422 g/mol. The van der Waals surface area contributed by atoms with Crippen LogP contribution in [0, 0.1) is 10.1 Å². The predicted molar refractivity (Wildman–Crippen MR) is 113 cm³/mol. The summed E-state index contributed by atoms with van der Waals surface area (Å²) in [5, 5.41) is 15.8. The molecule has 0 aliphatic carbocycles. The molecule has 0 aliphatic heterocycles. The number of benzene rings is 3. The highest BCUT2D eigenvalue weighted by Gasteiger charge is 2.14. The normalized spacial score (nSPS) is 11.0. The summed E-state index contributed by atoms with van der Waals surface area (Å²) in [7, 11) is -3.60. The molecule has 0 amide bonds. The van der Waals surface area contributed by atoms with Gasteiger partial charge < -0.3 is 5.32 Å². The van der Waals surface area contributed by atoms with Crippen molar-refractivity contribution in [3.05, 3.63) is 76.8 Å². The molecule has 0 bridgehead atoms. The van der Waals surface area contributed by atoms with Gasteiger partial charge in [-0.15, -0.1) is 12.4 Å². The largest absolute Gasteiger partial charge is 0.379 e. The molecule has 0 unspecified atom stereocenters. The van der Waals surface area contributed by atoms with Gasteiger partial charge in [0.2, 0.25) is 10.0 Å². The Bertz CT molecular complexity index is 1070. The van der Waals surface area contributed by atoms with Crippen molar-refractivity contribution in [2.24, 2.45) is 0 Å². The summed E-state index contributed by atoms with van der Waals surface area (Å²) in [5.74, 6) is 0. The number of para-hydroxylation sites is 2. The van der Waals surface area contributed by atoms with Gasteiger partial charge >= 0.3 is 0 Å². The van der Waals surface area contributed by atoms with Crippen LogP contribution in [-0.2, 0) is 10.0 Å². The second-order valence-electron chi connectivity index (χ2n) is 5.96. The molecule has 7 nitrogen and oxygen atoms in total. The first-order valence-corrected chi connectivity index (χ1v) is 9.91. The van der Waals surface area contributed by atoms with Crippen molar-refractivity contribution in [1.29, 1.82) is 0 Å². The van der Waals surface area contributed by atoms with E-state index in [-0.39, 0.29) is 29.5 Å². The van der Waals surface area contributed by atoms with Crippen LogP contribution in [0.15, 0.2) is 71.6 Å². The molecule has 9 heteroatoms. The van der Waals surface area contributed by atoms with Crippen LogP contribution in [0.2, 0.25) is 0 Å². The number of nitrogens with zero attached hydrogens (tertiary/aromatic N) is 1. The zero-order valence-corrected chi connectivity index (χ0v) is 16.5. The van der Waals surface area contributed by atoms with Gasteiger partial charge in [0.1, 0.15) is 5.69 Å². The molecule has 0 aromatic heterocycles. The first-order chi connectivity index (χ1) is 13.0. The Balaban J connectivity index is 0.00000280. The van der Waals surface area contributed by atoms with E-state index in [0.29, 0.717) is 18.7 Å². The minimum Gasteiger partial charge on any atom is -0.379 e. The van der Waals surface area contributed by atoms with Crippen molar-refractivity contribution >= 4 is 44.6 Å². The van der Waals surface area contributed by atoms with Gasteiger partial charge in [-0.1, -0.05) is 42.5 Å². The van der Waals surface area contributed by atoms with Gasteiger partial charge in [0.15, 0.2) is 0 Å². The Morgan fingerprint density at radius 3 is 2.32 bits per heavy atom. The Morgan fingerprint density at radius 1 is 0.893 bits per heavy atom. The maximum Gasteiger partial charge on any atom is 0.292 e. The molecule has 3 aromatic rings. The fraction of sp³-hybridized carbons (Fsp3) is 0.158. The molecule has 3 rings (SSSR count). The van der Waals surface area contributed by atoms with E-state index in [0.717, 1.165) is 10.8 Å². The zero-order valence-electron chi connectivity index (χ0n) is 14.9. The van der Waals surface area contributed by atoms with Crippen molar-refractivity contribution in [3.63, 3.8) is 0 Å². The predicted octanol–water partition coefficient (Wildman–Crippen LogP) is 3.95. The highest BCUT2D eigenvalue weighted by atomic mass is 35.5. The van der Waals surface area contributed by atoms with E-state index in [2.05, 4.69) is 10.0 Å². The monoisotopic (exact) mass is 421 g/mol. The highest BCUT2D eigenvalue weighted by Crippen LogP contribution is 2.23. The third-order valence-electron chi connectivity index (χ3n) is 4.09. The maximum absolute atomic E-state index is 12.4. The summed E-state index contributed by atoms with van der Waals surface area (Å²) < 4.78 is 27.4. The van der Waals surface area contributed by atoms with Crippen LogP contribution in [-0.4, -0.2) is 26.4 Å². The molecule has 0 spiro atoms. The van der Waals surface area contributed by atoms with Gasteiger partial charge in [0, 0.05) is 19.2 Å². The van der Waals surface area contributed by atoms with Crippen LogP contribution < -0.4 is 10.0 Å². The lowest BCUT2D eigenvalue weighted by molar-refractivity contribution is -0.384. The fourth-order valence-electron chi connectivity index (χ4n) is 2.72. The van der Waals surface area contributed by atoms with E-state index < -0.39 is 14.9 Å². The number of anilines is 1. The second kappa shape index (κ2) is 9.50. The van der Waals surface area contributed by atoms with Gasteiger partial charge in [0.05, 0.1) is 9.82 Å². The lowest BCUT2D eigenvalue weighted by atomic mass is 10.1. The summed E-state index contributed by atoms with van der Waals surface area (Å²) in [5.41, 5.74) is 0.411. The number of fused-ring (bicyclic) bond motifs is 1. The second-order valence-corrected chi connectivity index (χ2v) is 7.73. The third kappa shape index (κ3) is 5.19. The maximum atomic E-state index is 12.4. The molecule has 0 radical (unpaired) electrons. The molecule has 0 saturated heterocycles. The molecule has 0 atom stereocenters.